The number of carbonyl (C=O) groups excluding carboxylic acids is 3. The van der Waals surface area contributed by atoms with Gasteiger partial charge >= 0.3 is 0 Å². The quantitative estimate of drug-likeness (QED) is 0.562. The van der Waals surface area contributed by atoms with Crippen LogP contribution >= 0.6 is 23.1 Å². The lowest BCUT2D eigenvalue weighted by Crippen LogP contribution is -2.37. The van der Waals surface area contributed by atoms with Crippen LogP contribution in [0.3, 0.4) is 0 Å². The summed E-state index contributed by atoms with van der Waals surface area (Å²) in [5.41, 5.74) is 2.26. The number of aromatic nitrogens is 2. The molecular weight excluding hydrogens is 451 g/mol. The van der Waals surface area contributed by atoms with Crippen LogP contribution in [0.5, 0.6) is 0 Å². The topological polar surface area (TPSA) is 92.3 Å². The van der Waals surface area contributed by atoms with Gasteiger partial charge in [-0.25, -0.2) is 14.4 Å². The highest BCUT2D eigenvalue weighted by atomic mass is 32.2. The summed E-state index contributed by atoms with van der Waals surface area (Å²) in [6.45, 7) is 5.73. The minimum absolute atomic E-state index is 0.0546. The number of aryl methyl sites for hydroxylation is 3. The van der Waals surface area contributed by atoms with E-state index in [1.165, 1.54) is 35.6 Å². The van der Waals surface area contributed by atoms with Crippen LogP contribution in [-0.2, 0) is 4.79 Å². The Morgan fingerprint density at radius 2 is 1.88 bits per heavy atom. The number of hydrogen-bond donors (Lipinski definition) is 1. The lowest BCUT2D eigenvalue weighted by Gasteiger charge is -2.12. The van der Waals surface area contributed by atoms with Gasteiger partial charge in [0.15, 0.2) is 0 Å². The molecule has 3 heterocycles. The van der Waals surface area contributed by atoms with Crippen LogP contribution in [0.15, 0.2) is 29.2 Å². The molecule has 1 aliphatic rings. The van der Waals surface area contributed by atoms with E-state index in [1.54, 1.807) is 6.08 Å². The highest BCUT2D eigenvalue weighted by Gasteiger charge is 2.34. The fourth-order valence-electron chi connectivity index (χ4n) is 3.45. The van der Waals surface area contributed by atoms with Crippen molar-refractivity contribution < 1.29 is 18.8 Å². The molecule has 0 bridgehead atoms. The van der Waals surface area contributed by atoms with Crippen molar-refractivity contribution in [2.45, 2.75) is 20.8 Å². The lowest BCUT2D eigenvalue weighted by atomic mass is 10.1. The average Bonchev–Trinajstić information content (AvgIpc) is 3.20. The third kappa shape index (κ3) is 4.28. The summed E-state index contributed by atoms with van der Waals surface area (Å²) in [6.07, 6.45) is 1.55. The third-order valence-electron chi connectivity index (χ3n) is 4.95. The fraction of sp³-hybridized carbons (Fsp3) is 0.227. The van der Waals surface area contributed by atoms with Crippen molar-refractivity contribution >= 4 is 56.4 Å². The van der Waals surface area contributed by atoms with Crippen LogP contribution in [0, 0.1) is 26.6 Å². The zero-order chi connectivity index (χ0) is 23.0. The molecule has 1 N–H and O–H groups in total. The standard InChI is InChI=1S/C22H19FN4O3S2/c1-11-17-12(2)25-13(3)26-20(17)32-18(11)19(28)24-8-9-27-21(29)16(31-22(27)30)10-14-4-6-15(23)7-5-14/h4-7,10H,8-9H2,1-3H3,(H,24,28)/b16-10-. The molecule has 0 atom stereocenters. The summed E-state index contributed by atoms with van der Waals surface area (Å²) in [5, 5.41) is 3.25. The predicted octanol–water partition coefficient (Wildman–Crippen LogP) is 4.22. The van der Waals surface area contributed by atoms with E-state index in [1.807, 2.05) is 20.8 Å². The molecule has 0 aliphatic carbocycles. The van der Waals surface area contributed by atoms with Crippen molar-refractivity contribution in [3.8, 4) is 0 Å². The number of rotatable bonds is 5. The SMILES string of the molecule is Cc1nc(C)c2c(C)c(C(=O)NCCN3C(=O)S/C(=C\c4ccc(F)cc4)C3=O)sc2n1. The second kappa shape index (κ2) is 8.79. The Balaban J connectivity index is 1.41. The first-order chi connectivity index (χ1) is 15.2. The Kier molecular flexibility index (Phi) is 6.07. The molecule has 10 heteroatoms. The molecule has 2 aromatic heterocycles. The van der Waals surface area contributed by atoms with Crippen molar-refractivity contribution in [2.24, 2.45) is 0 Å². The summed E-state index contributed by atoms with van der Waals surface area (Å²) >= 11 is 2.12. The Bertz CT molecular complexity index is 1280. The number of hydrogen-bond acceptors (Lipinski definition) is 7. The first kappa shape index (κ1) is 22.1. The van der Waals surface area contributed by atoms with E-state index in [9.17, 15) is 18.8 Å². The largest absolute Gasteiger partial charge is 0.350 e. The highest BCUT2D eigenvalue weighted by molar-refractivity contribution is 8.18. The Morgan fingerprint density at radius 1 is 1.16 bits per heavy atom. The van der Waals surface area contributed by atoms with Gasteiger partial charge in [0, 0.05) is 24.2 Å². The number of halogens is 1. The van der Waals surface area contributed by atoms with Gasteiger partial charge in [0.1, 0.15) is 16.5 Å². The summed E-state index contributed by atoms with van der Waals surface area (Å²) in [4.78, 5) is 49.0. The summed E-state index contributed by atoms with van der Waals surface area (Å²) in [6, 6.07) is 5.64. The number of carbonyl (C=O) groups is 3. The second-order valence-corrected chi connectivity index (χ2v) is 9.23. The van der Waals surface area contributed by atoms with Gasteiger partial charge in [-0.1, -0.05) is 12.1 Å². The maximum absolute atomic E-state index is 13.1. The van der Waals surface area contributed by atoms with E-state index in [-0.39, 0.29) is 29.7 Å². The summed E-state index contributed by atoms with van der Waals surface area (Å²) < 4.78 is 13.1. The van der Waals surface area contributed by atoms with Crippen molar-refractivity contribution in [1.29, 1.82) is 0 Å². The molecule has 164 valence electrons. The van der Waals surface area contributed by atoms with Crippen molar-refractivity contribution in [3.63, 3.8) is 0 Å². The predicted molar refractivity (Wildman–Crippen MR) is 123 cm³/mol. The highest BCUT2D eigenvalue weighted by Crippen LogP contribution is 2.33. The van der Waals surface area contributed by atoms with Crippen LogP contribution in [0.4, 0.5) is 9.18 Å². The van der Waals surface area contributed by atoms with Crippen molar-refractivity contribution in [3.05, 3.63) is 62.5 Å². The van der Waals surface area contributed by atoms with E-state index in [2.05, 4.69) is 15.3 Å². The first-order valence-electron chi connectivity index (χ1n) is 9.78. The monoisotopic (exact) mass is 470 g/mol. The minimum Gasteiger partial charge on any atom is -0.350 e. The molecule has 3 amide bonds. The maximum atomic E-state index is 13.1. The number of fused-ring (bicyclic) bond motifs is 1. The van der Waals surface area contributed by atoms with E-state index in [0.717, 1.165) is 38.1 Å². The van der Waals surface area contributed by atoms with Gasteiger partial charge in [-0.3, -0.25) is 19.3 Å². The number of amides is 3. The molecule has 0 spiro atoms. The maximum Gasteiger partial charge on any atom is 0.293 e. The molecule has 1 saturated heterocycles. The summed E-state index contributed by atoms with van der Waals surface area (Å²) in [7, 11) is 0. The van der Waals surface area contributed by atoms with Gasteiger partial charge < -0.3 is 5.32 Å². The smallest absolute Gasteiger partial charge is 0.293 e. The van der Waals surface area contributed by atoms with Crippen LogP contribution < -0.4 is 5.32 Å². The van der Waals surface area contributed by atoms with Gasteiger partial charge in [-0.15, -0.1) is 11.3 Å². The van der Waals surface area contributed by atoms with E-state index in [0.29, 0.717) is 16.3 Å². The van der Waals surface area contributed by atoms with Gasteiger partial charge in [-0.05, 0) is 61.9 Å². The number of nitrogens with one attached hydrogen (secondary N) is 1. The van der Waals surface area contributed by atoms with Gasteiger partial charge in [0.05, 0.1) is 9.78 Å². The summed E-state index contributed by atoms with van der Waals surface area (Å²) in [5.74, 6) is -0.442. The average molecular weight is 471 g/mol. The molecule has 1 aliphatic heterocycles. The zero-order valence-corrected chi connectivity index (χ0v) is 19.2. The van der Waals surface area contributed by atoms with Gasteiger partial charge in [0.25, 0.3) is 17.1 Å². The molecule has 0 radical (unpaired) electrons. The van der Waals surface area contributed by atoms with Gasteiger partial charge in [0.2, 0.25) is 0 Å². The normalized spacial score (nSPS) is 15.2. The van der Waals surface area contributed by atoms with Crippen molar-refractivity contribution in [1.82, 2.24) is 20.2 Å². The number of nitrogens with zero attached hydrogens (tertiary/aromatic N) is 3. The van der Waals surface area contributed by atoms with Crippen LogP contribution in [-0.4, -0.2) is 45.0 Å². The minimum atomic E-state index is -0.432. The third-order valence-corrected chi connectivity index (χ3v) is 7.04. The van der Waals surface area contributed by atoms with Crippen LogP contribution in [0.2, 0.25) is 0 Å². The lowest BCUT2D eigenvalue weighted by molar-refractivity contribution is -0.122. The Morgan fingerprint density at radius 3 is 2.59 bits per heavy atom. The molecule has 1 fully saturated rings. The van der Waals surface area contributed by atoms with Crippen LogP contribution in [0.1, 0.15) is 32.3 Å². The molecule has 0 unspecified atom stereocenters. The van der Waals surface area contributed by atoms with E-state index in [4.69, 9.17) is 0 Å². The molecular formula is C22H19FN4O3S2. The Hall–Kier alpha value is -3.11. The second-order valence-electron chi connectivity index (χ2n) is 7.23. The first-order valence-corrected chi connectivity index (χ1v) is 11.4. The Labute approximate surface area is 191 Å². The van der Waals surface area contributed by atoms with Crippen molar-refractivity contribution in [2.75, 3.05) is 13.1 Å². The van der Waals surface area contributed by atoms with E-state index >= 15 is 0 Å². The molecule has 3 aromatic rings. The number of thioether (sulfide) groups is 1. The van der Waals surface area contributed by atoms with E-state index < -0.39 is 11.1 Å². The molecule has 32 heavy (non-hydrogen) atoms. The number of benzene rings is 1. The number of imide groups is 1. The molecule has 7 nitrogen and oxygen atoms in total. The fourth-order valence-corrected chi connectivity index (χ4v) is 5.51. The molecule has 1 aromatic carbocycles. The van der Waals surface area contributed by atoms with Gasteiger partial charge in [-0.2, -0.15) is 0 Å². The van der Waals surface area contributed by atoms with Crippen LogP contribution in [0.25, 0.3) is 16.3 Å². The number of thiophene rings is 1. The molecule has 0 saturated carbocycles. The zero-order valence-electron chi connectivity index (χ0n) is 17.6. The molecule has 4 rings (SSSR count).